The van der Waals surface area contributed by atoms with Gasteiger partial charge in [0.15, 0.2) is 11.6 Å². The van der Waals surface area contributed by atoms with Crippen molar-refractivity contribution in [3.63, 3.8) is 0 Å². The lowest BCUT2D eigenvalue weighted by molar-refractivity contribution is -0.116. The van der Waals surface area contributed by atoms with E-state index in [-0.39, 0.29) is 17.1 Å². The van der Waals surface area contributed by atoms with Gasteiger partial charge in [0.2, 0.25) is 0 Å². The highest BCUT2D eigenvalue weighted by atomic mass is 16.1. The number of allylic oxidation sites excluding steroid dienone is 10. The lowest BCUT2D eigenvalue weighted by Crippen LogP contribution is -2.22. The molecule has 0 bridgehead atoms. The minimum atomic E-state index is -0.242. The zero-order valence-corrected chi connectivity index (χ0v) is 14.7. The summed E-state index contributed by atoms with van der Waals surface area (Å²) in [4.78, 5) is 24.4. The maximum absolute atomic E-state index is 12.3. The number of hydrogen-bond donors (Lipinski definition) is 0. The fourth-order valence-corrected chi connectivity index (χ4v) is 1.72. The molecule has 1 aliphatic carbocycles. The molecule has 2 nitrogen and oxygen atoms in total. The third kappa shape index (κ3) is 5.28. The summed E-state index contributed by atoms with van der Waals surface area (Å²) in [5.41, 5.74) is 1.26. The number of Topliss-reactive ketones (excluding diaryl/α,β-unsaturated/α-hetero) is 2. The molecule has 0 fully saturated rings. The molecule has 0 radical (unpaired) electrons. The maximum atomic E-state index is 12.3. The third-order valence-corrected chi connectivity index (χ3v) is 2.62. The minimum Gasteiger partial charge on any atom is -0.289 e. The van der Waals surface area contributed by atoms with E-state index >= 15 is 0 Å². The van der Waals surface area contributed by atoms with E-state index in [1.807, 2.05) is 34.6 Å². The van der Waals surface area contributed by atoms with Gasteiger partial charge < -0.3 is 0 Å². The quantitative estimate of drug-likeness (QED) is 0.662. The van der Waals surface area contributed by atoms with Crippen LogP contribution >= 0.6 is 0 Å². The molecule has 0 aliphatic heterocycles. The van der Waals surface area contributed by atoms with Gasteiger partial charge in [0.05, 0.1) is 0 Å². The molecule has 0 N–H and O–H groups in total. The molecule has 1 aliphatic rings. The van der Waals surface area contributed by atoms with Crippen LogP contribution in [0.4, 0.5) is 0 Å². The van der Waals surface area contributed by atoms with Gasteiger partial charge in [-0.25, -0.2) is 0 Å². The van der Waals surface area contributed by atoms with Crippen LogP contribution < -0.4 is 0 Å². The SMILES string of the molecule is C=CC1=C(/C=C\C)C(=O)/C(=C/C=C\C)C(=C)C1=O.CC.CC. The van der Waals surface area contributed by atoms with Gasteiger partial charge in [-0.2, -0.15) is 0 Å². The van der Waals surface area contributed by atoms with Crippen LogP contribution in [0.25, 0.3) is 0 Å². The Kier molecular flexibility index (Phi) is 12.6. The number of rotatable bonds is 3. The normalized spacial score (nSPS) is 16.6. The zero-order chi connectivity index (χ0) is 17.7. The number of ketones is 2. The Morgan fingerprint density at radius 2 is 1.41 bits per heavy atom. The van der Waals surface area contributed by atoms with Gasteiger partial charge in [-0.05, 0) is 13.8 Å². The Morgan fingerprint density at radius 3 is 1.82 bits per heavy atom. The van der Waals surface area contributed by atoms with E-state index in [0.717, 1.165) is 0 Å². The number of carbonyl (C=O) groups is 2. The number of carbonyl (C=O) groups excluding carboxylic acids is 2. The molecule has 0 saturated heterocycles. The van der Waals surface area contributed by atoms with Gasteiger partial charge in [-0.3, -0.25) is 9.59 Å². The summed E-state index contributed by atoms with van der Waals surface area (Å²) in [6.07, 6.45) is 9.90. The van der Waals surface area contributed by atoms with Gasteiger partial charge in [-0.15, -0.1) is 0 Å². The smallest absolute Gasteiger partial charge is 0.194 e. The second-order valence-corrected chi connectivity index (χ2v) is 3.77. The van der Waals surface area contributed by atoms with Crippen molar-refractivity contribution in [2.75, 3.05) is 0 Å². The van der Waals surface area contributed by atoms with E-state index in [4.69, 9.17) is 0 Å². The second kappa shape index (κ2) is 12.5. The molecule has 0 heterocycles. The summed E-state index contributed by atoms with van der Waals surface area (Å²) in [5, 5.41) is 0. The fourth-order valence-electron chi connectivity index (χ4n) is 1.72. The molecule has 0 spiro atoms. The van der Waals surface area contributed by atoms with Crippen LogP contribution in [0.2, 0.25) is 0 Å². The van der Waals surface area contributed by atoms with Crippen LogP contribution in [0.5, 0.6) is 0 Å². The average Bonchev–Trinajstić information content (AvgIpc) is 2.57. The third-order valence-electron chi connectivity index (χ3n) is 2.62. The van der Waals surface area contributed by atoms with E-state index < -0.39 is 0 Å². The number of hydrogen-bond acceptors (Lipinski definition) is 2. The molecule has 0 aromatic heterocycles. The predicted molar refractivity (Wildman–Crippen MR) is 96.8 cm³/mol. The highest BCUT2D eigenvalue weighted by Crippen LogP contribution is 2.28. The van der Waals surface area contributed by atoms with Crippen LogP contribution in [-0.4, -0.2) is 11.6 Å². The van der Waals surface area contributed by atoms with Crippen molar-refractivity contribution < 1.29 is 9.59 Å². The highest BCUT2D eigenvalue weighted by molar-refractivity contribution is 6.31. The van der Waals surface area contributed by atoms with Gasteiger partial charge in [-0.1, -0.05) is 77.3 Å². The molecule has 22 heavy (non-hydrogen) atoms. The topological polar surface area (TPSA) is 34.1 Å². The lowest BCUT2D eigenvalue weighted by atomic mass is 9.82. The van der Waals surface area contributed by atoms with Gasteiger partial charge >= 0.3 is 0 Å². The Bertz CT molecular complexity index is 538. The first-order valence-corrected chi connectivity index (χ1v) is 7.69. The largest absolute Gasteiger partial charge is 0.289 e. The lowest BCUT2D eigenvalue weighted by Gasteiger charge is -2.18. The molecule has 0 aromatic rings. The molecule has 0 aromatic carbocycles. The molecule has 0 atom stereocenters. The summed E-state index contributed by atoms with van der Waals surface area (Å²) in [6, 6.07) is 0. The average molecular weight is 300 g/mol. The van der Waals surface area contributed by atoms with Crippen LogP contribution in [0.1, 0.15) is 41.5 Å². The highest BCUT2D eigenvalue weighted by Gasteiger charge is 2.30. The predicted octanol–water partition coefficient (Wildman–Crippen LogP) is 5.31. The molecule has 0 saturated carbocycles. The summed E-state index contributed by atoms with van der Waals surface area (Å²) >= 11 is 0. The van der Waals surface area contributed by atoms with E-state index in [2.05, 4.69) is 13.2 Å². The monoisotopic (exact) mass is 300 g/mol. The van der Waals surface area contributed by atoms with Crippen LogP contribution in [-0.2, 0) is 9.59 Å². The molecule has 0 amide bonds. The summed E-state index contributed by atoms with van der Waals surface area (Å²) in [5.74, 6) is -0.431. The molecular formula is C20H28O2. The molecule has 2 heteroatoms. The maximum Gasteiger partial charge on any atom is 0.194 e. The fraction of sp³-hybridized carbons (Fsp3) is 0.300. The first-order valence-electron chi connectivity index (χ1n) is 7.69. The minimum absolute atomic E-state index is 0.189. The standard InChI is InChI=1S/C16H16O2.2C2H6/c1-5-8-10-13-11(4)15(17)12(7-3)14(9-6-2)16(13)18;2*1-2/h5-10H,3-4H2,1-2H3;2*1-2H3/b8-5-,9-6-,13-10+;;. The second-order valence-electron chi connectivity index (χ2n) is 3.77. The Balaban J connectivity index is 0. The molecule has 1 rings (SSSR count). The van der Waals surface area contributed by atoms with Crippen molar-refractivity contribution in [3.05, 3.63) is 71.9 Å². The Morgan fingerprint density at radius 1 is 0.864 bits per heavy atom. The van der Waals surface area contributed by atoms with Crippen molar-refractivity contribution in [2.45, 2.75) is 41.5 Å². The van der Waals surface area contributed by atoms with Crippen molar-refractivity contribution in [2.24, 2.45) is 0 Å². The van der Waals surface area contributed by atoms with E-state index in [9.17, 15) is 9.59 Å². The molecule has 120 valence electrons. The molecule has 0 unspecified atom stereocenters. The summed E-state index contributed by atoms with van der Waals surface area (Å²) in [6.45, 7) is 18.9. The summed E-state index contributed by atoms with van der Waals surface area (Å²) in [7, 11) is 0. The Labute approximate surface area is 135 Å². The Hall–Kier alpha value is -2.22. The van der Waals surface area contributed by atoms with Gasteiger partial charge in [0, 0.05) is 22.3 Å². The first kappa shape index (κ1) is 22.1. The van der Waals surface area contributed by atoms with Crippen LogP contribution in [0.3, 0.4) is 0 Å². The van der Waals surface area contributed by atoms with Gasteiger partial charge in [0.25, 0.3) is 0 Å². The van der Waals surface area contributed by atoms with Crippen molar-refractivity contribution in [3.8, 4) is 0 Å². The van der Waals surface area contributed by atoms with Gasteiger partial charge in [0.1, 0.15) is 0 Å². The summed E-state index contributed by atoms with van der Waals surface area (Å²) < 4.78 is 0. The van der Waals surface area contributed by atoms with Crippen molar-refractivity contribution in [1.29, 1.82) is 0 Å². The van der Waals surface area contributed by atoms with Crippen LogP contribution in [0, 0.1) is 0 Å². The van der Waals surface area contributed by atoms with E-state index in [1.54, 1.807) is 37.3 Å². The van der Waals surface area contributed by atoms with Crippen LogP contribution in [0.15, 0.2) is 71.9 Å². The zero-order valence-electron chi connectivity index (χ0n) is 14.7. The van der Waals surface area contributed by atoms with E-state index in [0.29, 0.717) is 16.7 Å². The van der Waals surface area contributed by atoms with Crippen molar-refractivity contribution in [1.82, 2.24) is 0 Å². The first-order chi connectivity index (χ1) is 10.6. The molecular weight excluding hydrogens is 272 g/mol. The van der Waals surface area contributed by atoms with E-state index in [1.165, 1.54) is 6.08 Å². The van der Waals surface area contributed by atoms with Crippen molar-refractivity contribution >= 4 is 11.6 Å².